The summed E-state index contributed by atoms with van der Waals surface area (Å²) in [5.41, 5.74) is -0.493. The van der Waals surface area contributed by atoms with Gasteiger partial charge in [-0.25, -0.2) is 13.8 Å². The van der Waals surface area contributed by atoms with Gasteiger partial charge in [-0.2, -0.15) is 5.26 Å². The van der Waals surface area contributed by atoms with Gasteiger partial charge in [0.25, 0.3) is 6.43 Å². The van der Waals surface area contributed by atoms with E-state index in [1.165, 1.54) is 0 Å². The molecule has 0 saturated heterocycles. The average Bonchev–Trinajstić information content (AvgIpc) is 2.04. The van der Waals surface area contributed by atoms with E-state index in [-0.39, 0.29) is 15.2 Å². The zero-order valence-corrected chi connectivity index (χ0v) is 8.40. The number of nitrogens with zero attached hydrogens (tertiary/aromatic N) is 2. The molecule has 0 fully saturated rings. The SMILES string of the molecule is N#Cc1ncc(Cl)c(C(F)F)c1Br. The third-order valence-electron chi connectivity index (χ3n) is 1.33. The van der Waals surface area contributed by atoms with E-state index >= 15 is 0 Å². The fourth-order valence-corrected chi connectivity index (χ4v) is 1.68. The molecule has 1 aromatic heterocycles. The van der Waals surface area contributed by atoms with Gasteiger partial charge in [-0.3, -0.25) is 0 Å². The molecule has 0 radical (unpaired) electrons. The highest BCUT2D eigenvalue weighted by atomic mass is 79.9. The number of hydrogen-bond acceptors (Lipinski definition) is 2. The normalized spacial score (nSPS) is 10.2. The molecule has 0 saturated carbocycles. The molecule has 0 aromatic carbocycles. The fourth-order valence-electron chi connectivity index (χ4n) is 0.758. The van der Waals surface area contributed by atoms with Crippen molar-refractivity contribution in [3.63, 3.8) is 0 Å². The summed E-state index contributed by atoms with van der Waals surface area (Å²) in [6, 6.07) is 1.67. The molecule has 0 unspecified atom stereocenters. The third-order valence-corrected chi connectivity index (χ3v) is 2.44. The van der Waals surface area contributed by atoms with Gasteiger partial charge in [0.15, 0.2) is 5.69 Å². The predicted octanol–water partition coefficient (Wildman–Crippen LogP) is 3.31. The number of nitriles is 1. The first-order valence-corrected chi connectivity index (χ1v) is 4.27. The summed E-state index contributed by atoms with van der Waals surface area (Å²) in [5, 5.41) is 8.33. The van der Waals surface area contributed by atoms with Crippen LogP contribution in [0.15, 0.2) is 10.7 Å². The molecule has 0 N–H and O–H groups in total. The molecule has 6 heteroatoms. The second kappa shape index (κ2) is 3.99. The van der Waals surface area contributed by atoms with Gasteiger partial charge in [0.05, 0.1) is 15.1 Å². The maximum Gasteiger partial charge on any atom is 0.266 e. The Labute approximate surface area is 86.3 Å². The van der Waals surface area contributed by atoms with Crippen LogP contribution in [0.2, 0.25) is 5.02 Å². The quantitative estimate of drug-likeness (QED) is 0.783. The van der Waals surface area contributed by atoms with Crippen LogP contribution in [0, 0.1) is 11.3 Å². The second-order valence-corrected chi connectivity index (χ2v) is 3.30. The van der Waals surface area contributed by atoms with Gasteiger partial charge in [-0.05, 0) is 15.9 Å². The van der Waals surface area contributed by atoms with Gasteiger partial charge < -0.3 is 0 Å². The average molecular weight is 267 g/mol. The van der Waals surface area contributed by atoms with Crippen LogP contribution in [0.1, 0.15) is 17.7 Å². The van der Waals surface area contributed by atoms with Crippen LogP contribution in [0.3, 0.4) is 0 Å². The van der Waals surface area contributed by atoms with Gasteiger partial charge in [0.2, 0.25) is 0 Å². The van der Waals surface area contributed by atoms with E-state index in [4.69, 9.17) is 16.9 Å². The van der Waals surface area contributed by atoms with E-state index in [1.807, 2.05) is 0 Å². The van der Waals surface area contributed by atoms with Crippen LogP contribution in [-0.4, -0.2) is 4.98 Å². The van der Waals surface area contributed by atoms with Crippen molar-refractivity contribution in [2.75, 3.05) is 0 Å². The zero-order chi connectivity index (χ0) is 10.0. The predicted molar refractivity (Wildman–Crippen MR) is 46.6 cm³/mol. The minimum absolute atomic E-state index is 0.0440. The van der Waals surface area contributed by atoms with Crippen molar-refractivity contribution >= 4 is 27.5 Å². The monoisotopic (exact) mass is 266 g/mol. The molecule has 0 spiro atoms. The zero-order valence-electron chi connectivity index (χ0n) is 6.06. The number of pyridine rings is 1. The highest BCUT2D eigenvalue weighted by molar-refractivity contribution is 9.10. The summed E-state index contributed by atoms with van der Waals surface area (Å²) in [6.07, 6.45) is -1.69. The van der Waals surface area contributed by atoms with Crippen molar-refractivity contribution in [2.45, 2.75) is 6.43 Å². The summed E-state index contributed by atoms with van der Waals surface area (Å²) in [5.74, 6) is 0. The topological polar surface area (TPSA) is 36.7 Å². The molecule has 0 aliphatic rings. The minimum Gasteiger partial charge on any atom is -0.243 e. The standard InChI is InChI=1S/C7H2BrClF2N2/c8-6-4(1-12)13-2-3(9)5(6)7(10)11/h2,7H. The van der Waals surface area contributed by atoms with Crippen molar-refractivity contribution in [2.24, 2.45) is 0 Å². The van der Waals surface area contributed by atoms with Gasteiger partial charge >= 0.3 is 0 Å². The van der Waals surface area contributed by atoms with Gasteiger partial charge in [-0.15, -0.1) is 0 Å². The van der Waals surface area contributed by atoms with Crippen molar-refractivity contribution in [3.05, 3.63) is 26.9 Å². The first-order chi connectivity index (χ1) is 6.07. The summed E-state index contributed by atoms with van der Waals surface area (Å²) in [6.45, 7) is 0. The third kappa shape index (κ3) is 1.95. The largest absolute Gasteiger partial charge is 0.266 e. The Morgan fingerprint density at radius 2 is 2.23 bits per heavy atom. The maximum absolute atomic E-state index is 12.4. The van der Waals surface area contributed by atoms with Crippen molar-refractivity contribution < 1.29 is 8.78 Å². The minimum atomic E-state index is -2.73. The molecule has 13 heavy (non-hydrogen) atoms. The first kappa shape index (κ1) is 10.4. The van der Waals surface area contributed by atoms with Gasteiger partial charge in [0, 0.05) is 6.20 Å². The highest BCUT2D eigenvalue weighted by Crippen LogP contribution is 2.34. The number of aromatic nitrogens is 1. The van der Waals surface area contributed by atoms with Gasteiger partial charge in [-0.1, -0.05) is 11.6 Å². The summed E-state index contributed by atoms with van der Waals surface area (Å²) in [4.78, 5) is 3.57. The van der Waals surface area contributed by atoms with Crippen molar-refractivity contribution in [1.29, 1.82) is 5.26 Å². The van der Waals surface area contributed by atoms with Crippen LogP contribution in [0.4, 0.5) is 8.78 Å². The number of hydrogen-bond donors (Lipinski definition) is 0. The number of rotatable bonds is 1. The molecule has 1 aromatic rings. The van der Waals surface area contributed by atoms with E-state index in [0.717, 1.165) is 6.20 Å². The molecule has 68 valence electrons. The molecule has 0 aliphatic heterocycles. The van der Waals surface area contributed by atoms with Crippen molar-refractivity contribution in [1.82, 2.24) is 4.98 Å². The molecule has 2 nitrogen and oxygen atoms in total. The van der Waals surface area contributed by atoms with Crippen LogP contribution >= 0.6 is 27.5 Å². The van der Waals surface area contributed by atoms with E-state index in [2.05, 4.69) is 20.9 Å². The lowest BCUT2D eigenvalue weighted by molar-refractivity contribution is 0.150. The Morgan fingerprint density at radius 1 is 1.62 bits per heavy atom. The lowest BCUT2D eigenvalue weighted by Crippen LogP contribution is -1.94. The Morgan fingerprint density at radius 3 is 2.69 bits per heavy atom. The van der Waals surface area contributed by atoms with Crippen LogP contribution in [0.5, 0.6) is 0 Å². The molecular weight excluding hydrogens is 265 g/mol. The van der Waals surface area contributed by atoms with Crippen LogP contribution in [-0.2, 0) is 0 Å². The number of alkyl halides is 2. The fraction of sp³-hybridized carbons (Fsp3) is 0.143. The van der Waals surface area contributed by atoms with E-state index in [9.17, 15) is 8.78 Å². The Balaban J connectivity index is 3.41. The summed E-state index contributed by atoms with van der Waals surface area (Å²) in [7, 11) is 0. The Hall–Kier alpha value is -0.730. The molecule has 0 bridgehead atoms. The van der Waals surface area contributed by atoms with Gasteiger partial charge in [0.1, 0.15) is 6.07 Å². The molecular formula is C7H2BrClF2N2. The summed E-state index contributed by atoms with van der Waals surface area (Å²) >= 11 is 8.31. The lowest BCUT2D eigenvalue weighted by Gasteiger charge is -2.05. The Bertz CT molecular complexity index is 375. The van der Waals surface area contributed by atoms with Crippen molar-refractivity contribution in [3.8, 4) is 6.07 Å². The molecule has 0 atom stereocenters. The van der Waals surface area contributed by atoms with E-state index < -0.39 is 12.0 Å². The van der Waals surface area contributed by atoms with E-state index in [1.54, 1.807) is 6.07 Å². The molecule has 1 heterocycles. The highest BCUT2D eigenvalue weighted by Gasteiger charge is 2.19. The number of halogens is 4. The maximum atomic E-state index is 12.4. The molecule has 0 amide bonds. The Kier molecular flexibility index (Phi) is 3.17. The van der Waals surface area contributed by atoms with E-state index in [0.29, 0.717) is 0 Å². The van der Waals surface area contributed by atoms with Crippen LogP contribution < -0.4 is 0 Å². The first-order valence-electron chi connectivity index (χ1n) is 3.10. The lowest BCUT2D eigenvalue weighted by atomic mass is 10.2. The smallest absolute Gasteiger partial charge is 0.243 e. The second-order valence-electron chi connectivity index (χ2n) is 2.09. The molecule has 0 aliphatic carbocycles. The molecule has 1 rings (SSSR count). The van der Waals surface area contributed by atoms with Crippen LogP contribution in [0.25, 0.3) is 0 Å². The summed E-state index contributed by atoms with van der Waals surface area (Å²) < 4.78 is 24.7.